The molecule has 2 heteroatoms. The Morgan fingerprint density at radius 3 is 2.92 bits per heavy atom. The summed E-state index contributed by atoms with van der Waals surface area (Å²) < 4.78 is 5.13. The second kappa shape index (κ2) is 3.90. The van der Waals surface area contributed by atoms with Crippen LogP contribution >= 0.6 is 0 Å². The lowest BCUT2D eigenvalue weighted by molar-refractivity contribution is 0.101. The Labute approximate surface area is 72.2 Å². The molecule has 0 N–H and O–H groups in total. The highest BCUT2D eigenvalue weighted by Crippen LogP contribution is 2.13. The van der Waals surface area contributed by atoms with Gasteiger partial charge in [0.05, 0.1) is 6.61 Å². The molecule has 0 spiro atoms. The molecular formula is C10H11O2. The van der Waals surface area contributed by atoms with E-state index in [1.54, 1.807) is 24.3 Å². The fourth-order valence-corrected chi connectivity index (χ4v) is 0.923. The van der Waals surface area contributed by atoms with Gasteiger partial charge < -0.3 is 4.74 Å². The van der Waals surface area contributed by atoms with E-state index in [-0.39, 0.29) is 5.78 Å². The van der Waals surface area contributed by atoms with Crippen molar-refractivity contribution in [2.75, 3.05) is 6.61 Å². The summed E-state index contributed by atoms with van der Waals surface area (Å²) in [5.41, 5.74) is 0.668. The van der Waals surface area contributed by atoms with Crippen LogP contribution in [-0.4, -0.2) is 12.4 Å². The number of carbonyl (C=O) groups is 1. The highest BCUT2D eigenvalue weighted by molar-refractivity contribution is 5.94. The zero-order valence-electron chi connectivity index (χ0n) is 7.04. The van der Waals surface area contributed by atoms with Gasteiger partial charge in [-0.3, -0.25) is 4.79 Å². The lowest BCUT2D eigenvalue weighted by Crippen LogP contribution is -1.95. The predicted molar refractivity (Wildman–Crippen MR) is 47.3 cm³/mol. The molecule has 1 aromatic rings. The second-order valence-corrected chi connectivity index (χ2v) is 2.43. The second-order valence-electron chi connectivity index (χ2n) is 2.43. The summed E-state index contributed by atoms with van der Waals surface area (Å²) in [6.45, 7) is 5.46. The van der Waals surface area contributed by atoms with E-state index in [1.807, 2.05) is 0 Å². The first-order valence-corrected chi connectivity index (χ1v) is 3.77. The molecule has 12 heavy (non-hydrogen) atoms. The lowest BCUT2D eigenvalue weighted by Gasteiger charge is -2.02. The number of ether oxygens (including phenoxy) is 1. The number of Topliss-reactive ketones (excluding diaryl/α,β-unsaturated/α-hetero) is 1. The molecule has 0 aliphatic carbocycles. The van der Waals surface area contributed by atoms with Crippen molar-refractivity contribution in [2.24, 2.45) is 0 Å². The van der Waals surface area contributed by atoms with Crippen LogP contribution in [0.4, 0.5) is 0 Å². The van der Waals surface area contributed by atoms with Gasteiger partial charge >= 0.3 is 0 Å². The summed E-state index contributed by atoms with van der Waals surface area (Å²) in [5, 5.41) is 0. The quantitative estimate of drug-likeness (QED) is 0.638. The van der Waals surface area contributed by atoms with Gasteiger partial charge in [-0.1, -0.05) is 12.1 Å². The van der Waals surface area contributed by atoms with Gasteiger partial charge in [-0.05, 0) is 26.0 Å². The number of benzene rings is 1. The minimum atomic E-state index is 0.0458. The summed E-state index contributed by atoms with van der Waals surface area (Å²) in [5.74, 6) is 0.738. The van der Waals surface area contributed by atoms with E-state index in [9.17, 15) is 4.79 Å². The van der Waals surface area contributed by atoms with Crippen molar-refractivity contribution in [3.05, 3.63) is 36.8 Å². The zero-order chi connectivity index (χ0) is 8.97. The zero-order valence-corrected chi connectivity index (χ0v) is 7.04. The molecule has 1 radical (unpaired) electrons. The van der Waals surface area contributed by atoms with Gasteiger partial charge in [0.2, 0.25) is 0 Å². The van der Waals surface area contributed by atoms with Crippen LogP contribution in [0.5, 0.6) is 5.75 Å². The van der Waals surface area contributed by atoms with E-state index >= 15 is 0 Å². The third kappa shape index (κ3) is 2.09. The van der Waals surface area contributed by atoms with E-state index < -0.39 is 0 Å². The molecule has 1 rings (SSSR count). The van der Waals surface area contributed by atoms with Crippen molar-refractivity contribution in [3.8, 4) is 5.75 Å². The molecule has 0 fully saturated rings. The first-order valence-electron chi connectivity index (χ1n) is 3.77. The predicted octanol–water partition coefficient (Wildman–Crippen LogP) is 2.10. The Kier molecular flexibility index (Phi) is 2.86. The third-order valence-electron chi connectivity index (χ3n) is 1.51. The maximum atomic E-state index is 10.9. The van der Waals surface area contributed by atoms with Crippen LogP contribution in [0.3, 0.4) is 0 Å². The lowest BCUT2D eigenvalue weighted by atomic mass is 10.1. The SMILES string of the molecule is [CH2]COc1cccc(C(C)=O)c1. The summed E-state index contributed by atoms with van der Waals surface area (Å²) >= 11 is 0. The van der Waals surface area contributed by atoms with Gasteiger partial charge in [0.15, 0.2) is 5.78 Å². The number of carbonyl (C=O) groups excluding carboxylic acids is 1. The molecule has 0 amide bonds. The van der Waals surface area contributed by atoms with Crippen LogP contribution in [0.15, 0.2) is 24.3 Å². The summed E-state index contributed by atoms with van der Waals surface area (Å²) in [6, 6.07) is 7.07. The molecule has 0 saturated carbocycles. The monoisotopic (exact) mass is 163 g/mol. The molecular weight excluding hydrogens is 152 g/mol. The van der Waals surface area contributed by atoms with E-state index in [4.69, 9.17) is 4.74 Å². The molecule has 0 bridgehead atoms. The van der Waals surface area contributed by atoms with Crippen LogP contribution < -0.4 is 4.74 Å². The standard InChI is InChI=1S/C10H11O2/c1-3-12-10-6-4-5-9(7-10)8(2)11/h4-7H,1,3H2,2H3. The molecule has 0 aromatic heterocycles. The van der Waals surface area contributed by atoms with Gasteiger partial charge in [-0.15, -0.1) is 0 Å². The van der Waals surface area contributed by atoms with Crippen LogP contribution in [-0.2, 0) is 0 Å². The highest BCUT2D eigenvalue weighted by Gasteiger charge is 1.99. The Bertz CT molecular complexity index is 279. The molecule has 0 heterocycles. The van der Waals surface area contributed by atoms with Gasteiger partial charge in [-0.25, -0.2) is 0 Å². The van der Waals surface area contributed by atoms with E-state index in [0.29, 0.717) is 17.9 Å². The molecule has 0 saturated heterocycles. The van der Waals surface area contributed by atoms with E-state index in [0.717, 1.165) is 0 Å². The van der Waals surface area contributed by atoms with E-state index in [1.165, 1.54) is 6.92 Å². The topological polar surface area (TPSA) is 26.3 Å². The number of ketones is 1. The van der Waals surface area contributed by atoms with Crippen molar-refractivity contribution < 1.29 is 9.53 Å². The Hall–Kier alpha value is -1.31. The van der Waals surface area contributed by atoms with Gasteiger partial charge in [0, 0.05) is 5.56 Å². The van der Waals surface area contributed by atoms with Gasteiger partial charge in [0.25, 0.3) is 0 Å². The minimum absolute atomic E-state index is 0.0458. The molecule has 0 aliphatic heterocycles. The third-order valence-corrected chi connectivity index (χ3v) is 1.51. The fraction of sp³-hybridized carbons (Fsp3) is 0.200. The Balaban J connectivity index is 2.88. The largest absolute Gasteiger partial charge is 0.494 e. The fourth-order valence-electron chi connectivity index (χ4n) is 0.923. The van der Waals surface area contributed by atoms with Crippen molar-refractivity contribution in [3.63, 3.8) is 0 Å². The molecule has 0 atom stereocenters. The Morgan fingerprint density at radius 2 is 2.33 bits per heavy atom. The average molecular weight is 163 g/mol. The number of rotatable bonds is 3. The maximum absolute atomic E-state index is 10.9. The van der Waals surface area contributed by atoms with Gasteiger partial charge in [-0.2, -0.15) is 0 Å². The minimum Gasteiger partial charge on any atom is -0.494 e. The normalized spacial score (nSPS) is 9.50. The van der Waals surface area contributed by atoms with Gasteiger partial charge in [0.1, 0.15) is 5.75 Å². The molecule has 1 aromatic carbocycles. The van der Waals surface area contributed by atoms with Crippen molar-refractivity contribution in [1.82, 2.24) is 0 Å². The maximum Gasteiger partial charge on any atom is 0.159 e. The Morgan fingerprint density at radius 1 is 1.58 bits per heavy atom. The first-order chi connectivity index (χ1) is 5.74. The summed E-state index contributed by atoms with van der Waals surface area (Å²) in [7, 11) is 0. The van der Waals surface area contributed by atoms with Crippen molar-refractivity contribution >= 4 is 5.78 Å². The molecule has 63 valence electrons. The summed E-state index contributed by atoms with van der Waals surface area (Å²) in [4.78, 5) is 10.9. The highest BCUT2D eigenvalue weighted by atomic mass is 16.5. The number of hydrogen-bond donors (Lipinski definition) is 0. The number of hydrogen-bond acceptors (Lipinski definition) is 2. The molecule has 0 unspecified atom stereocenters. The summed E-state index contributed by atoms with van der Waals surface area (Å²) in [6.07, 6.45) is 0. The molecule has 0 aliphatic rings. The van der Waals surface area contributed by atoms with Crippen LogP contribution in [0.2, 0.25) is 0 Å². The van der Waals surface area contributed by atoms with Crippen molar-refractivity contribution in [1.29, 1.82) is 0 Å². The van der Waals surface area contributed by atoms with Crippen LogP contribution in [0, 0.1) is 6.92 Å². The first kappa shape index (κ1) is 8.78. The smallest absolute Gasteiger partial charge is 0.159 e. The molecule has 2 nitrogen and oxygen atoms in total. The van der Waals surface area contributed by atoms with E-state index in [2.05, 4.69) is 6.92 Å². The van der Waals surface area contributed by atoms with Crippen LogP contribution in [0.1, 0.15) is 17.3 Å². The van der Waals surface area contributed by atoms with Crippen LogP contribution in [0.25, 0.3) is 0 Å². The van der Waals surface area contributed by atoms with Crippen molar-refractivity contribution in [2.45, 2.75) is 6.92 Å². The average Bonchev–Trinajstić information content (AvgIpc) is 2.05.